The number of likely N-dealkylation sites (tertiary alicyclic amines) is 1. The Morgan fingerprint density at radius 3 is 2.74 bits per heavy atom. The molecule has 0 atom stereocenters. The number of hydrogen-bond acceptors (Lipinski definition) is 3. The second-order valence-corrected chi connectivity index (χ2v) is 5.66. The Morgan fingerprint density at radius 1 is 1.35 bits per heavy atom. The van der Waals surface area contributed by atoms with Gasteiger partial charge in [-0.25, -0.2) is 4.79 Å². The van der Waals surface area contributed by atoms with E-state index in [2.05, 4.69) is 5.32 Å². The van der Waals surface area contributed by atoms with Crippen molar-refractivity contribution in [3.8, 4) is 5.75 Å². The van der Waals surface area contributed by atoms with Crippen molar-refractivity contribution in [2.45, 2.75) is 26.2 Å². The molecule has 23 heavy (non-hydrogen) atoms. The zero-order valence-corrected chi connectivity index (χ0v) is 13.5. The van der Waals surface area contributed by atoms with E-state index in [1.165, 1.54) is 0 Å². The number of amides is 2. The summed E-state index contributed by atoms with van der Waals surface area (Å²) in [6.07, 6.45) is 1.79. The Hall–Kier alpha value is -2.24. The lowest BCUT2D eigenvalue weighted by atomic mass is 9.97. The molecule has 2 N–H and O–H groups in total. The van der Waals surface area contributed by atoms with Gasteiger partial charge in [-0.15, -0.1) is 0 Å². The third-order valence-electron chi connectivity index (χ3n) is 4.03. The molecule has 0 spiro atoms. The van der Waals surface area contributed by atoms with Gasteiger partial charge in [0.1, 0.15) is 5.75 Å². The molecular weight excluding hydrogens is 296 g/mol. The van der Waals surface area contributed by atoms with Gasteiger partial charge in [-0.05, 0) is 43.9 Å². The number of piperidine rings is 1. The van der Waals surface area contributed by atoms with E-state index in [9.17, 15) is 9.59 Å². The third kappa shape index (κ3) is 5.16. The second kappa shape index (κ2) is 8.41. The summed E-state index contributed by atoms with van der Waals surface area (Å²) in [4.78, 5) is 24.7. The lowest BCUT2D eigenvalue weighted by Crippen LogP contribution is -2.45. The number of carboxylic acids is 1. The summed E-state index contributed by atoms with van der Waals surface area (Å²) in [5.41, 5.74) is 1.11. The molecule has 1 aromatic carbocycles. The molecule has 0 radical (unpaired) electrons. The van der Waals surface area contributed by atoms with E-state index in [0.29, 0.717) is 39.1 Å². The number of rotatable bonds is 6. The Bertz CT molecular complexity index is 539. The van der Waals surface area contributed by atoms with Crippen LogP contribution in [0.15, 0.2) is 24.3 Å². The molecule has 2 amide bonds. The average Bonchev–Trinajstić information content (AvgIpc) is 2.55. The van der Waals surface area contributed by atoms with Crippen LogP contribution < -0.4 is 10.1 Å². The molecule has 0 unspecified atom stereocenters. The van der Waals surface area contributed by atoms with E-state index >= 15 is 0 Å². The second-order valence-electron chi connectivity index (χ2n) is 5.66. The number of carboxylic acid groups (broad SMARTS) is 1. The van der Waals surface area contributed by atoms with Crippen LogP contribution in [-0.2, 0) is 11.2 Å². The molecule has 126 valence electrons. The number of nitrogens with zero attached hydrogens (tertiary/aromatic N) is 1. The van der Waals surface area contributed by atoms with E-state index < -0.39 is 5.97 Å². The monoisotopic (exact) mass is 320 g/mol. The third-order valence-corrected chi connectivity index (χ3v) is 4.03. The fourth-order valence-electron chi connectivity index (χ4n) is 2.71. The van der Waals surface area contributed by atoms with Crippen LogP contribution in [-0.4, -0.2) is 48.2 Å². The number of carbonyl (C=O) groups is 2. The molecule has 0 bridgehead atoms. The number of aliphatic carboxylic acids is 1. The highest BCUT2D eigenvalue weighted by Gasteiger charge is 2.26. The van der Waals surface area contributed by atoms with E-state index in [1.807, 2.05) is 31.2 Å². The summed E-state index contributed by atoms with van der Waals surface area (Å²) >= 11 is 0. The highest BCUT2D eigenvalue weighted by molar-refractivity contribution is 5.75. The topological polar surface area (TPSA) is 78.9 Å². The predicted molar refractivity (Wildman–Crippen MR) is 86.6 cm³/mol. The Morgan fingerprint density at radius 2 is 2.09 bits per heavy atom. The molecule has 0 aromatic heterocycles. The maximum Gasteiger partial charge on any atom is 0.317 e. The van der Waals surface area contributed by atoms with Gasteiger partial charge in [0, 0.05) is 19.6 Å². The number of nitrogens with one attached hydrogen (secondary N) is 1. The summed E-state index contributed by atoms with van der Waals surface area (Å²) in [7, 11) is 0. The van der Waals surface area contributed by atoms with E-state index in [4.69, 9.17) is 9.84 Å². The number of carbonyl (C=O) groups excluding carboxylic acids is 1. The summed E-state index contributed by atoms with van der Waals surface area (Å²) in [5, 5.41) is 11.9. The normalized spacial score (nSPS) is 15.3. The first-order chi connectivity index (χ1) is 11.1. The van der Waals surface area contributed by atoms with Gasteiger partial charge >= 0.3 is 12.0 Å². The van der Waals surface area contributed by atoms with Crippen LogP contribution >= 0.6 is 0 Å². The molecule has 1 aliphatic rings. The van der Waals surface area contributed by atoms with Gasteiger partial charge < -0.3 is 20.1 Å². The van der Waals surface area contributed by atoms with Crippen LogP contribution in [0.5, 0.6) is 5.75 Å². The molecule has 1 aliphatic heterocycles. The minimum atomic E-state index is -0.765. The van der Waals surface area contributed by atoms with Gasteiger partial charge in [0.05, 0.1) is 12.5 Å². The number of ether oxygens (including phenoxy) is 1. The largest absolute Gasteiger partial charge is 0.494 e. The zero-order chi connectivity index (χ0) is 16.7. The fraction of sp³-hybridized carbons (Fsp3) is 0.529. The smallest absolute Gasteiger partial charge is 0.317 e. The first-order valence-corrected chi connectivity index (χ1v) is 8.07. The molecule has 1 saturated heterocycles. The lowest BCUT2D eigenvalue weighted by molar-refractivity contribution is -0.143. The van der Waals surface area contributed by atoms with Gasteiger partial charge in [-0.1, -0.05) is 12.1 Å². The molecule has 1 aromatic rings. The quantitative estimate of drug-likeness (QED) is 0.841. The molecule has 1 fully saturated rings. The van der Waals surface area contributed by atoms with Crippen molar-refractivity contribution < 1.29 is 19.4 Å². The number of urea groups is 1. The number of benzene rings is 1. The zero-order valence-electron chi connectivity index (χ0n) is 13.5. The van der Waals surface area contributed by atoms with Crippen LogP contribution in [0.3, 0.4) is 0 Å². The molecule has 1 heterocycles. The van der Waals surface area contributed by atoms with Crippen LogP contribution in [0, 0.1) is 5.92 Å². The fourth-order valence-corrected chi connectivity index (χ4v) is 2.71. The minimum absolute atomic E-state index is 0.116. The van der Waals surface area contributed by atoms with Crippen molar-refractivity contribution in [1.29, 1.82) is 0 Å². The first kappa shape index (κ1) is 17.1. The maximum atomic E-state index is 12.1. The van der Waals surface area contributed by atoms with Crippen LogP contribution in [0.2, 0.25) is 0 Å². The molecule has 2 rings (SSSR count). The number of hydrogen-bond donors (Lipinski definition) is 2. The Kier molecular flexibility index (Phi) is 6.26. The Balaban J connectivity index is 1.73. The predicted octanol–water partition coefficient (Wildman–Crippen LogP) is 2.13. The highest BCUT2D eigenvalue weighted by Crippen LogP contribution is 2.17. The van der Waals surface area contributed by atoms with Crippen molar-refractivity contribution in [2.75, 3.05) is 26.2 Å². The van der Waals surface area contributed by atoms with Gasteiger partial charge in [0.25, 0.3) is 0 Å². The van der Waals surface area contributed by atoms with Crippen LogP contribution in [0.4, 0.5) is 4.79 Å². The molecule has 0 saturated carbocycles. The van der Waals surface area contributed by atoms with Gasteiger partial charge in [0.2, 0.25) is 0 Å². The van der Waals surface area contributed by atoms with E-state index in [-0.39, 0.29) is 11.9 Å². The Labute approximate surface area is 136 Å². The maximum absolute atomic E-state index is 12.1. The average molecular weight is 320 g/mol. The van der Waals surface area contributed by atoms with E-state index in [1.54, 1.807) is 4.90 Å². The molecule has 6 nitrogen and oxygen atoms in total. The van der Waals surface area contributed by atoms with Crippen LogP contribution in [0.1, 0.15) is 25.3 Å². The molecule has 0 aliphatic carbocycles. The van der Waals surface area contributed by atoms with E-state index in [0.717, 1.165) is 17.7 Å². The SMILES string of the molecule is CCOc1cccc(CCNC(=O)N2CCC(C(=O)O)CC2)c1. The first-order valence-electron chi connectivity index (χ1n) is 8.07. The minimum Gasteiger partial charge on any atom is -0.494 e. The highest BCUT2D eigenvalue weighted by atomic mass is 16.5. The van der Waals surface area contributed by atoms with Crippen molar-refractivity contribution in [3.05, 3.63) is 29.8 Å². The van der Waals surface area contributed by atoms with Crippen molar-refractivity contribution in [3.63, 3.8) is 0 Å². The summed E-state index contributed by atoms with van der Waals surface area (Å²) in [6.45, 7) is 4.13. The van der Waals surface area contributed by atoms with Crippen LogP contribution in [0.25, 0.3) is 0 Å². The molecular formula is C17H24N2O4. The standard InChI is InChI=1S/C17H24N2O4/c1-2-23-15-5-3-4-13(12-15)6-9-18-17(22)19-10-7-14(8-11-19)16(20)21/h3-5,12,14H,2,6-11H2,1H3,(H,18,22)(H,20,21). The summed E-state index contributed by atoms with van der Waals surface area (Å²) in [6, 6.07) is 7.73. The van der Waals surface area contributed by atoms with Gasteiger partial charge in [-0.2, -0.15) is 0 Å². The van der Waals surface area contributed by atoms with Crippen molar-refractivity contribution >= 4 is 12.0 Å². The van der Waals surface area contributed by atoms with Crippen molar-refractivity contribution in [2.24, 2.45) is 5.92 Å². The van der Waals surface area contributed by atoms with Crippen molar-refractivity contribution in [1.82, 2.24) is 10.2 Å². The molecule has 6 heteroatoms. The van der Waals surface area contributed by atoms with Gasteiger partial charge in [0.15, 0.2) is 0 Å². The summed E-state index contributed by atoms with van der Waals surface area (Å²) in [5.74, 6) is -0.244. The summed E-state index contributed by atoms with van der Waals surface area (Å²) < 4.78 is 5.45. The van der Waals surface area contributed by atoms with Gasteiger partial charge in [-0.3, -0.25) is 4.79 Å². The lowest BCUT2D eigenvalue weighted by Gasteiger charge is -2.30.